The third kappa shape index (κ3) is 5.58. The van der Waals surface area contributed by atoms with E-state index in [4.69, 9.17) is 14.6 Å². The largest absolute Gasteiger partial charge is 0.492 e. The molecule has 2 unspecified atom stereocenters. The summed E-state index contributed by atoms with van der Waals surface area (Å²) in [5.74, 6) is -0.552. The van der Waals surface area contributed by atoms with E-state index < -0.39 is 33.9 Å². The maximum absolute atomic E-state index is 12.4. The number of primary sulfonamides is 1. The second-order valence-corrected chi connectivity index (χ2v) is 8.69. The van der Waals surface area contributed by atoms with Gasteiger partial charge in [-0.2, -0.15) is 0 Å². The first-order chi connectivity index (χ1) is 14.2. The third-order valence-corrected chi connectivity index (χ3v) is 5.77. The van der Waals surface area contributed by atoms with Crippen molar-refractivity contribution in [3.05, 3.63) is 59.7 Å². The van der Waals surface area contributed by atoms with Crippen LogP contribution in [0.5, 0.6) is 5.75 Å². The molecule has 1 heterocycles. The van der Waals surface area contributed by atoms with Crippen LogP contribution in [0.4, 0.5) is 0 Å². The Morgan fingerprint density at radius 3 is 2.60 bits per heavy atom. The fourth-order valence-corrected chi connectivity index (χ4v) is 3.64. The van der Waals surface area contributed by atoms with Gasteiger partial charge in [-0.15, -0.1) is 0 Å². The molecule has 0 saturated heterocycles. The first kappa shape index (κ1) is 21.8. The fraction of sp³-hybridized carbons (Fsp3) is 0.333. The van der Waals surface area contributed by atoms with E-state index in [1.54, 1.807) is 12.1 Å². The molecular weight excluding hydrogens is 408 g/mol. The van der Waals surface area contributed by atoms with Gasteiger partial charge in [-0.25, -0.2) is 13.6 Å². The number of benzene rings is 2. The first-order valence-electron chi connectivity index (χ1n) is 9.54. The topological polar surface area (TPSA) is 125 Å². The van der Waals surface area contributed by atoms with E-state index in [9.17, 15) is 18.0 Å². The van der Waals surface area contributed by atoms with Crippen molar-refractivity contribution in [2.45, 2.75) is 30.8 Å². The number of sulfonamides is 1. The molecule has 1 aliphatic heterocycles. The lowest BCUT2D eigenvalue weighted by Crippen LogP contribution is -2.39. The number of amides is 1. The van der Waals surface area contributed by atoms with E-state index in [0.717, 1.165) is 16.9 Å². The average Bonchev–Trinajstić information content (AvgIpc) is 2.73. The number of nitrogens with one attached hydrogen (secondary N) is 1. The summed E-state index contributed by atoms with van der Waals surface area (Å²) >= 11 is 0. The van der Waals surface area contributed by atoms with Gasteiger partial charge >= 0.3 is 5.97 Å². The molecule has 3 N–H and O–H groups in total. The van der Waals surface area contributed by atoms with E-state index in [1.165, 1.54) is 19.1 Å². The molecule has 0 bridgehead atoms. The molecule has 0 fully saturated rings. The highest BCUT2D eigenvalue weighted by molar-refractivity contribution is 7.89. The van der Waals surface area contributed by atoms with E-state index in [2.05, 4.69) is 5.32 Å². The highest BCUT2D eigenvalue weighted by Gasteiger charge is 2.29. The summed E-state index contributed by atoms with van der Waals surface area (Å²) in [6, 6.07) is 13.6. The molecule has 3 rings (SSSR count). The highest BCUT2D eigenvalue weighted by Crippen LogP contribution is 2.27. The summed E-state index contributed by atoms with van der Waals surface area (Å²) in [5, 5.41) is 7.77. The van der Waals surface area contributed by atoms with Crippen molar-refractivity contribution in [1.29, 1.82) is 0 Å². The monoisotopic (exact) mass is 432 g/mol. The molecule has 0 radical (unpaired) electrons. The molecule has 0 spiro atoms. The zero-order valence-corrected chi connectivity index (χ0v) is 17.4. The van der Waals surface area contributed by atoms with Gasteiger partial charge in [0.1, 0.15) is 12.4 Å². The lowest BCUT2D eigenvalue weighted by Gasteiger charge is -2.25. The van der Waals surface area contributed by atoms with Crippen LogP contribution in [0.2, 0.25) is 0 Å². The molecule has 1 aliphatic rings. The summed E-state index contributed by atoms with van der Waals surface area (Å²) in [6.07, 6.45) is 0.0713. The Bertz CT molecular complexity index is 1020. The number of esters is 1. The number of para-hydroxylation sites is 1. The Morgan fingerprint density at radius 1 is 1.20 bits per heavy atom. The quantitative estimate of drug-likeness (QED) is 0.633. The second kappa shape index (κ2) is 9.27. The Hall–Kier alpha value is -2.91. The molecule has 9 heteroatoms. The molecule has 8 nitrogen and oxygen atoms in total. The molecule has 2 aromatic carbocycles. The summed E-state index contributed by atoms with van der Waals surface area (Å²) < 4.78 is 33.4. The number of hydrogen-bond acceptors (Lipinski definition) is 6. The Labute approximate surface area is 175 Å². The molecule has 0 saturated carbocycles. The standard InChI is InChI=1S/C21H24N2O6S/c1-14(29-21(25)17-12-16-4-2-3-5-19(16)28-13-17)20(24)23-11-10-15-6-8-18(9-7-15)30(22,26)27/h2-9,14,17H,10-13H2,1H3,(H,23,24)(H2,22,26,27). The molecule has 30 heavy (non-hydrogen) atoms. The van der Waals surface area contributed by atoms with Crippen molar-refractivity contribution in [2.24, 2.45) is 11.1 Å². The van der Waals surface area contributed by atoms with E-state index in [0.29, 0.717) is 19.4 Å². The average molecular weight is 432 g/mol. The van der Waals surface area contributed by atoms with Gasteiger partial charge < -0.3 is 14.8 Å². The summed E-state index contributed by atoms with van der Waals surface area (Å²) in [7, 11) is -3.73. The van der Waals surface area contributed by atoms with Gasteiger partial charge in [0.2, 0.25) is 10.0 Å². The van der Waals surface area contributed by atoms with Crippen molar-refractivity contribution < 1.29 is 27.5 Å². The van der Waals surface area contributed by atoms with Gasteiger partial charge in [0.05, 0.1) is 10.8 Å². The minimum Gasteiger partial charge on any atom is -0.492 e. The van der Waals surface area contributed by atoms with Crippen molar-refractivity contribution in [2.75, 3.05) is 13.2 Å². The predicted molar refractivity (Wildman–Crippen MR) is 109 cm³/mol. The van der Waals surface area contributed by atoms with Crippen LogP contribution >= 0.6 is 0 Å². The molecule has 2 atom stereocenters. The van der Waals surface area contributed by atoms with Crippen LogP contribution in [-0.4, -0.2) is 39.5 Å². The van der Waals surface area contributed by atoms with Crippen LogP contribution in [0.1, 0.15) is 18.1 Å². The number of carbonyl (C=O) groups is 2. The van der Waals surface area contributed by atoms with Crippen molar-refractivity contribution >= 4 is 21.9 Å². The Morgan fingerprint density at radius 2 is 1.90 bits per heavy atom. The maximum Gasteiger partial charge on any atom is 0.313 e. The van der Waals surface area contributed by atoms with E-state index >= 15 is 0 Å². The van der Waals surface area contributed by atoms with Gasteiger partial charge in [-0.3, -0.25) is 9.59 Å². The lowest BCUT2D eigenvalue weighted by atomic mass is 9.97. The van der Waals surface area contributed by atoms with Gasteiger partial charge in [-0.05, 0) is 49.1 Å². The SMILES string of the molecule is CC(OC(=O)C1COc2ccccc2C1)C(=O)NCCc1ccc(S(N)(=O)=O)cc1. The van der Waals surface area contributed by atoms with Crippen LogP contribution in [0.25, 0.3) is 0 Å². The van der Waals surface area contributed by atoms with Crippen molar-refractivity contribution in [3.8, 4) is 5.75 Å². The minimum absolute atomic E-state index is 0.0325. The van der Waals surface area contributed by atoms with Crippen LogP contribution in [-0.2, 0) is 37.2 Å². The van der Waals surface area contributed by atoms with Gasteiger partial charge in [0.15, 0.2) is 6.10 Å². The summed E-state index contributed by atoms with van der Waals surface area (Å²) in [6.45, 7) is 2.06. The fourth-order valence-electron chi connectivity index (χ4n) is 3.12. The smallest absolute Gasteiger partial charge is 0.313 e. The normalized spacial score (nSPS) is 16.7. The maximum atomic E-state index is 12.4. The number of fused-ring (bicyclic) bond motifs is 1. The van der Waals surface area contributed by atoms with Crippen LogP contribution in [0, 0.1) is 5.92 Å². The predicted octanol–water partition coefficient (Wildman–Crippen LogP) is 1.18. The van der Waals surface area contributed by atoms with Crippen molar-refractivity contribution in [3.63, 3.8) is 0 Å². The zero-order valence-electron chi connectivity index (χ0n) is 16.5. The number of ether oxygens (including phenoxy) is 2. The number of hydrogen-bond donors (Lipinski definition) is 2. The Kier molecular flexibility index (Phi) is 6.73. The molecule has 160 valence electrons. The van der Waals surface area contributed by atoms with E-state index in [-0.39, 0.29) is 11.5 Å². The number of rotatable bonds is 7. The molecule has 0 aromatic heterocycles. The third-order valence-electron chi connectivity index (χ3n) is 4.84. The van der Waals surface area contributed by atoms with E-state index in [1.807, 2.05) is 24.3 Å². The van der Waals surface area contributed by atoms with Gasteiger partial charge in [0.25, 0.3) is 5.91 Å². The number of carbonyl (C=O) groups excluding carboxylic acids is 2. The second-order valence-electron chi connectivity index (χ2n) is 7.13. The summed E-state index contributed by atoms with van der Waals surface area (Å²) in [4.78, 5) is 24.6. The van der Waals surface area contributed by atoms with Gasteiger partial charge in [0, 0.05) is 6.54 Å². The van der Waals surface area contributed by atoms with Crippen LogP contribution < -0.4 is 15.2 Å². The molecular formula is C21H24N2O6S. The summed E-state index contributed by atoms with van der Waals surface area (Å²) in [5.41, 5.74) is 1.78. The van der Waals surface area contributed by atoms with Crippen LogP contribution in [0.3, 0.4) is 0 Å². The minimum atomic E-state index is -3.73. The van der Waals surface area contributed by atoms with Crippen molar-refractivity contribution in [1.82, 2.24) is 5.32 Å². The lowest BCUT2D eigenvalue weighted by molar-refractivity contribution is -0.160. The Balaban J connectivity index is 1.44. The molecule has 0 aliphatic carbocycles. The molecule has 1 amide bonds. The zero-order chi connectivity index (χ0) is 21.7. The molecule has 2 aromatic rings. The van der Waals surface area contributed by atoms with Gasteiger partial charge in [-0.1, -0.05) is 30.3 Å². The first-order valence-corrected chi connectivity index (χ1v) is 11.1. The van der Waals surface area contributed by atoms with Crippen LogP contribution in [0.15, 0.2) is 53.4 Å². The highest BCUT2D eigenvalue weighted by atomic mass is 32.2. The number of nitrogens with two attached hydrogens (primary N) is 1.